The molecule has 43 heavy (non-hydrogen) atoms. The van der Waals surface area contributed by atoms with Gasteiger partial charge in [-0.1, -0.05) is 136 Å². The topological polar surface area (TPSA) is 38.7 Å². The predicted octanol–water partition coefficient (Wildman–Crippen LogP) is 11.2. The smallest absolute Gasteiger partial charge is 0.104 e. The number of aliphatic hydroxyl groups excluding tert-OH is 1. The van der Waals surface area contributed by atoms with Gasteiger partial charge in [-0.3, -0.25) is 0 Å². The summed E-state index contributed by atoms with van der Waals surface area (Å²) in [5.74, 6) is 9.10. The zero-order valence-corrected chi connectivity index (χ0v) is 29.0. The van der Waals surface area contributed by atoms with Crippen molar-refractivity contribution in [3.05, 3.63) is 0 Å². The third-order valence-corrected chi connectivity index (χ3v) is 12.8. The molecule has 4 rings (SSSR count). The van der Waals surface area contributed by atoms with Gasteiger partial charge in [-0.2, -0.15) is 0 Å². The molecule has 3 nitrogen and oxygen atoms in total. The highest BCUT2D eigenvalue weighted by atomic mass is 16.5. The fourth-order valence-electron chi connectivity index (χ4n) is 10.0. The Morgan fingerprint density at radius 2 is 1.14 bits per heavy atom. The Labute approximate surface area is 268 Å². The molecule has 0 saturated heterocycles. The maximum Gasteiger partial charge on any atom is 0.104 e. The molecule has 9 atom stereocenters. The van der Waals surface area contributed by atoms with Crippen molar-refractivity contribution in [1.29, 1.82) is 0 Å². The fourth-order valence-corrected chi connectivity index (χ4v) is 10.0. The first-order chi connectivity index (χ1) is 21.2. The first-order valence-corrected chi connectivity index (χ1v) is 20.0. The summed E-state index contributed by atoms with van der Waals surface area (Å²) in [5.41, 5.74) is 0. The molecule has 0 aromatic carbocycles. The summed E-state index contributed by atoms with van der Waals surface area (Å²) >= 11 is 0. The molecule has 0 amide bonds. The fraction of sp³-hybridized carbons (Fsp3) is 1.00. The number of fused-ring (bicyclic) bond motifs is 7. The van der Waals surface area contributed by atoms with E-state index in [1.807, 2.05) is 0 Å². The molecule has 3 heteroatoms. The van der Waals surface area contributed by atoms with Gasteiger partial charge in [-0.25, -0.2) is 0 Å². The Morgan fingerprint density at radius 1 is 0.605 bits per heavy atom. The van der Waals surface area contributed by atoms with E-state index in [1.165, 1.54) is 145 Å². The van der Waals surface area contributed by atoms with E-state index in [-0.39, 0.29) is 12.7 Å². The van der Waals surface area contributed by atoms with Crippen LogP contribution in [0.25, 0.3) is 0 Å². The Hall–Kier alpha value is -0.120. The molecule has 4 aliphatic carbocycles. The van der Waals surface area contributed by atoms with Crippen molar-refractivity contribution in [2.45, 2.75) is 180 Å². The highest BCUT2D eigenvalue weighted by molar-refractivity contribution is 5.16. The average Bonchev–Trinajstić information content (AvgIpc) is 3.00. The van der Waals surface area contributed by atoms with Crippen LogP contribution in [0.15, 0.2) is 0 Å². The van der Waals surface area contributed by atoms with Gasteiger partial charge in [0.05, 0.1) is 13.2 Å². The van der Waals surface area contributed by atoms with E-state index in [9.17, 15) is 5.11 Å². The van der Waals surface area contributed by atoms with E-state index < -0.39 is 0 Å². The Bertz CT molecular complexity index is 689. The van der Waals surface area contributed by atoms with Crippen LogP contribution in [0.4, 0.5) is 0 Å². The van der Waals surface area contributed by atoms with Crippen LogP contribution in [0.1, 0.15) is 174 Å². The molecule has 8 unspecified atom stereocenters. The number of unbranched alkanes of at least 4 members (excludes halogenated alkanes) is 14. The molecule has 0 aromatic heterocycles. The predicted molar refractivity (Wildman–Crippen MR) is 182 cm³/mol. The van der Waals surface area contributed by atoms with Crippen molar-refractivity contribution >= 4 is 0 Å². The lowest BCUT2D eigenvalue weighted by Gasteiger charge is -2.74. The summed E-state index contributed by atoms with van der Waals surface area (Å²) in [6, 6.07) is 0. The van der Waals surface area contributed by atoms with E-state index in [0.717, 1.165) is 43.8 Å². The number of rotatable bonds is 28. The van der Waals surface area contributed by atoms with Crippen LogP contribution in [0, 0.1) is 47.3 Å². The van der Waals surface area contributed by atoms with Crippen molar-refractivity contribution < 1.29 is 14.6 Å². The van der Waals surface area contributed by atoms with Crippen LogP contribution in [0.2, 0.25) is 0 Å². The number of hydrogen-bond acceptors (Lipinski definition) is 3. The van der Waals surface area contributed by atoms with Crippen LogP contribution >= 0.6 is 0 Å². The maximum absolute atomic E-state index is 9.66. The first kappa shape index (κ1) is 35.7. The van der Waals surface area contributed by atoms with Gasteiger partial charge in [0.2, 0.25) is 0 Å². The van der Waals surface area contributed by atoms with E-state index >= 15 is 0 Å². The van der Waals surface area contributed by atoms with Crippen molar-refractivity contribution in [2.75, 3.05) is 26.4 Å². The molecule has 0 bridgehead atoms. The first-order valence-electron chi connectivity index (χ1n) is 20.0. The van der Waals surface area contributed by atoms with Gasteiger partial charge >= 0.3 is 0 Å². The van der Waals surface area contributed by atoms with E-state index in [0.29, 0.717) is 6.61 Å². The molecule has 0 aromatic rings. The summed E-state index contributed by atoms with van der Waals surface area (Å²) < 4.78 is 11.8. The molecule has 0 spiro atoms. The average molecular weight is 603 g/mol. The Morgan fingerprint density at radius 3 is 1.79 bits per heavy atom. The largest absolute Gasteiger partial charge is 0.394 e. The highest BCUT2D eigenvalue weighted by Crippen LogP contribution is 2.74. The summed E-state index contributed by atoms with van der Waals surface area (Å²) in [5, 5.41) is 9.66. The summed E-state index contributed by atoms with van der Waals surface area (Å²) in [7, 11) is 0. The second kappa shape index (κ2) is 20.9. The summed E-state index contributed by atoms with van der Waals surface area (Å²) in [6.07, 6.45) is 35.1. The van der Waals surface area contributed by atoms with E-state index in [1.54, 1.807) is 32.1 Å². The van der Waals surface area contributed by atoms with Gasteiger partial charge in [0, 0.05) is 13.2 Å². The lowest BCUT2D eigenvalue weighted by Crippen LogP contribution is -2.69. The van der Waals surface area contributed by atoms with Crippen LogP contribution in [-0.4, -0.2) is 37.6 Å². The molecule has 4 aliphatic rings. The zero-order valence-electron chi connectivity index (χ0n) is 29.0. The van der Waals surface area contributed by atoms with Gasteiger partial charge in [0.15, 0.2) is 0 Å². The van der Waals surface area contributed by atoms with Crippen LogP contribution in [0.3, 0.4) is 0 Å². The SMILES string of the molecule is CCCCCCC(C)CCCCCCCCCOC[C@H](CO)OCCCCCCCCC1CCC2C(C1)C1C3CCC3C21. The molecular weight excluding hydrogens is 528 g/mol. The van der Waals surface area contributed by atoms with Crippen LogP contribution in [0.5, 0.6) is 0 Å². The van der Waals surface area contributed by atoms with Gasteiger partial charge in [0.1, 0.15) is 6.10 Å². The maximum atomic E-state index is 9.66. The minimum Gasteiger partial charge on any atom is -0.394 e. The lowest BCUT2D eigenvalue weighted by molar-refractivity contribution is -0.264. The molecule has 0 radical (unpaired) electrons. The molecule has 4 fully saturated rings. The van der Waals surface area contributed by atoms with Crippen molar-refractivity contribution in [3.8, 4) is 0 Å². The summed E-state index contributed by atoms with van der Waals surface area (Å²) in [4.78, 5) is 0. The summed E-state index contributed by atoms with van der Waals surface area (Å²) in [6.45, 7) is 6.93. The molecule has 252 valence electrons. The minimum absolute atomic E-state index is 0.0722. The molecule has 0 heterocycles. The monoisotopic (exact) mass is 603 g/mol. The van der Waals surface area contributed by atoms with E-state index in [4.69, 9.17) is 9.47 Å². The molecular formula is C40H74O3. The van der Waals surface area contributed by atoms with Crippen LogP contribution in [-0.2, 0) is 9.47 Å². The normalized spacial score (nSPS) is 30.3. The quantitative estimate of drug-likeness (QED) is 0.0905. The zero-order chi connectivity index (χ0) is 30.1. The second-order valence-corrected chi connectivity index (χ2v) is 15.9. The van der Waals surface area contributed by atoms with Crippen LogP contribution < -0.4 is 0 Å². The lowest BCUT2D eigenvalue weighted by atomic mass is 9.30. The standard InChI is InChI=1S/C40H74O3/c1-3-4-5-15-20-32(2)21-16-11-7-6-9-13-18-27-42-31-34(30-41)43-28-19-14-10-8-12-17-22-33-23-24-37-38(29-33)40-36-26-25-35(36)39(37)40/h32-41H,3-31H2,1-2H3/t32?,33?,34-,35?,36?,37?,38?,39?,40?/m0/s1. The Kier molecular flexibility index (Phi) is 17.4. The van der Waals surface area contributed by atoms with Gasteiger partial charge in [0.25, 0.3) is 0 Å². The second-order valence-electron chi connectivity index (χ2n) is 15.9. The molecule has 1 N–H and O–H groups in total. The van der Waals surface area contributed by atoms with Crippen molar-refractivity contribution in [1.82, 2.24) is 0 Å². The van der Waals surface area contributed by atoms with Crippen molar-refractivity contribution in [2.24, 2.45) is 47.3 Å². The third-order valence-electron chi connectivity index (χ3n) is 12.8. The molecule has 4 saturated carbocycles. The van der Waals surface area contributed by atoms with Gasteiger partial charge in [-0.15, -0.1) is 0 Å². The molecule has 0 aliphatic heterocycles. The number of aliphatic hydroxyl groups is 1. The number of hydrogen-bond donors (Lipinski definition) is 1. The Balaban J connectivity index is 0.844. The van der Waals surface area contributed by atoms with Gasteiger partial charge < -0.3 is 14.6 Å². The van der Waals surface area contributed by atoms with E-state index in [2.05, 4.69) is 13.8 Å². The number of ether oxygens (including phenoxy) is 2. The minimum atomic E-state index is -0.148. The third kappa shape index (κ3) is 11.6. The van der Waals surface area contributed by atoms with Crippen molar-refractivity contribution in [3.63, 3.8) is 0 Å². The van der Waals surface area contributed by atoms with Gasteiger partial charge in [-0.05, 0) is 85.9 Å². The highest BCUT2D eigenvalue weighted by Gasteiger charge is 2.68.